The van der Waals surface area contributed by atoms with E-state index in [4.69, 9.17) is 15.6 Å². The first kappa shape index (κ1) is 15.2. The molecule has 19 heavy (non-hydrogen) atoms. The number of hydrogen-bond donors (Lipinski definition) is 2. The van der Waals surface area contributed by atoms with Gasteiger partial charge in [0.25, 0.3) is 12.3 Å². The largest absolute Gasteiger partial charge is 0.484 e. The van der Waals surface area contributed by atoms with Crippen LogP contribution in [0.4, 0.5) is 14.5 Å². The Morgan fingerprint density at radius 2 is 2.00 bits per heavy atom. The van der Waals surface area contributed by atoms with Crippen LogP contribution in [0.5, 0.6) is 5.75 Å². The molecule has 0 unspecified atom stereocenters. The van der Waals surface area contributed by atoms with Gasteiger partial charge in [-0.1, -0.05) is 0 Å². The van der Waals surface area contributed by atoms with Gasteiger partial charge in [0.2, 0.25) is 0 Å². The van der Waals surface area contributed by atoms with Gasteiger partial charge in [-0.25, -0.2) is 8.78 Å². The summed E-state index contributed by atoms with van der Waals surface area (Å²) in [6.45, 7) is -1.60. The second-order valence-electron chi connectivity index (χ2n) is 3.81. The van der Waals surface area contributed by atoms with Crippen molar-refractivity contribution in [2.45, 2.75) is 6.43 Å². The van der Waals surface area contributed by atoms with Gasteiger partial charge in [-0.3, -0.25) is 4.79 Å². The van der Waals surface area contributed by atoms with Gasteiger partial charge in [0.1, 0.15) is 5.75 Å². The lowest BCUT2D eigenvalue weighted by Crippen LogP contribution is -2.40. The smallest absolute Gasteiger partial charge is 0.260 e. The van der Waals surface area contributed by atoms with Crippen molar-refractivity contribution in [1.82, 2.24) is 4.90 Å². The molecule has 0 fully saturated rings. The maximum Gasteiger partial charge on any atom is 0.260 e. The minimum Gasteiger partial charge on any atom is -0.484 e. The first-order chi connectivity index (χ1) is 9.02. The first-order valence-corrected chi connectivity index (χ1v) is 5.68. The summed E-state index contributed by atoms with van der Waals surface area (Å²) in [6, 6.07) is 6.35. The third kappa shape index (κ3) is 5.52. The molecular weight excluding hydrogens is 258 g/mol. The van der Waals surface area contributed by atoms with E-state index >= 15 is 0 Å². The van der Waals surface area contributed by atoms with Crippen LogP contribution in [0.15, 0.2) is 24.3 Å². The second kappa shape index (κ2) is 7.52. The molecule has 7 heteroatoms. The minimum absolute atomic E-state index is 0.145. The van der Waals surface area contributed by atoms with Crippen LogP contribution in [0, 0.1) is 0 Å². The molecule has 0 saturated heterocycles. The summed E-state index contributed by atoms with van der Waals surface area (Å²) in [6.07, 6.45) is -2.65. The molecule has 0 aliphatic heterocycles. The number of alkyl halides is 2. The number of benzene rings is 1. The molecule has 3 N–H and O–H groups in total. The number of carbonyl (C=O) groups excluding carboxylic acids is 1. The van der Waals surface area contributed by atoms with E-state index in [2.05, 4.69) is 0 Å². The Morgan fingerprint density at radius 1 is 1.37 bits per heavy atom. The predicted octanol–water partition coefficient (Wildman–Crippen LogP) is 0.734. The van der Waals surface area contributed by atoms with E-state index in [9.17, 15) is 13.6 Å². The molecule has 0 aliphatic rings. The van der Waals surface area contributed by atoms with Crippen molar-refractivity contribution in [3.05, 3.63) is 24.3 Å². The maximum atomic E-state index is 12.2. The Morgan fingerprint density at radius 3 is 2.53 bits per heavy atom. The Labute approximate surface area is 109 Å². The lowest BCUT2D eigenvalue weighted by atomic mass is 10.3. The van der Waals surface area contributed by atoms with Crippen molar-refractivity contribution in [1.29, 1.82) is 0 Å². The molecule has 106 valence electrons. The van der Waals surface area contributed by atoms with Crippen LogP contribution < -0.4 is 10.5 Å². The Hall–Kier alpha value is -1.89. The van der Waals surface area contributed by atoms with Crippen molar-refractivity contribution in [3.63, 3.8) is 0 Å². The van der Waals surface area contributed by atoms with Crippen molar-refractivity contribution < 1.29 is 23.4 Å². The fourth-order valence-electron chi connectivity index (χ4n) is 1.41. The van der Waals surface area contributed by atoms with Gasteiger partial charge < -0.3 is 20.5 Å². The zero-order chi connectivity index (χ0) is 14.3. The topological polar surface area (TPSA) is 75.8 Å². The van der Waals surface area contributed by atoms with Crippen LogP contribution in [0.2, 0.25) is 0 Å². The Balaban J connectivity index is 2.49. The molecule has 1 aromatic rings. The summed E-state index contributed by atoms with van der Waals surface area (Å²) in [5.41, 5.74) is 6.04. The van der Waals surface area contributed by atoms with Gasteiger partial charge >= 0.3 is 0 Å². The number of amides is 1. The third-order valence-corrected chi connectivity index (χ3v) is 2.32. The molecule has 0 aliphatic carbocycles. The number of aliphatic hydroxyl groups excluding tert-OH is 1. The van der Waals surface area contributed by atoms with Gasteiger partial charge in [-0.15, -0.1) is 0 Å². The average Bonchev–Trinajstić information content (AvgIpc) is 2.37. The monoisotopic (exact) mass is 274 g/mol. The number of nitrogens with zero attached hydrogens (tertiary/aromatic N) is 1. The summed E-state index contributed by atoms with van der Waals surface area (Å²) in [5.74, 6) is -0.185. The summed E-state index contributed by atoms with van der Waals surface area (Å²) < 4.78 is 29.7. The van der Waals surface area contributed by atoms with Crippen molar-refractivity contribution in [3.8, 4) is 5.75 Å². The quantitative estimate of drug-likeness (QED) is 0.719. The van der Waals surface area contributed by atoms with E-state index in [1.807, 2.05) is 0 Å². The Kier molecular flexibility index (Phi) is 6.01. The zero-order valence-electron chi connectivity index (χ0n) is 10.3. The highest BCUT2D eigenvalue weighted by Crippen LogP contribution is 2.13. The van der Waals surface area contributed by atoms with Crippen molar-refractivity contribution >= 4 is 11.6 Å². The van der Waals surface area contributed by atoms with Crippen LogP contribution in [0.25, 0.3) is 0 Å². The number of anilines is 1. The first-order valence-electron chi connectivity index (χ1n) is 5.68. The normalized spacial score (nSPS) is 10.5. The fourth-order valence-corrected chi connectivity index (χ4v) is 1.41. The van der Waals surface area contributed by atoms with E-state index in [0.717, 1.165) is 4.90 Å². The van der Waals surface area contributed by atoms with E-state index in [1.54, 1.807) is 24.3 Å². The van der Waals surface area contributed by atoms with E-state index in [0.29, 0.717) is 11.4 Å². The van der Waals surface area contributed by atoms with Crippen LogP contribution in [0.3, 0.4) is 0 Å². The summed E-state index contributed by atoms with van der Waals surface area (Å²) in [4.78, 5) is 12.5. The lowest BCUT2D eigenvalue weighted by molar-refractivity contribution is -0.135. The number of rotatable bonds is 7. The van der Waals surface area contributed by atoms with Gasteiger partial charge in [0.15, 0.2) is 6.61 Å². The number of nitrogens with two attached hydrogens (primary N) is 1. The van der Waals surface area contributed by atoms with Gasteiger partial charge in [-0.05, 0) is 24.3 Å². The van der Waals surface area contributed by atoms with E-state index in [1.165, 1.54) is 0 Å². The van der Waals surface area contributed by atoms with E-state index < -0.39 is 18.9 Å². The summed E-state index contributed by atoms with van der Waals surface area (Å²) in [7, 11) is 0. The zero-order valence-corrected chi connectivity index (χ0v) is 10.3. The molecule has 1 amide bonds. The van der Waals surface area contributed by atoms with E-state index in [-0.39, 0.29) is 19.8 Å². The number of ether oxygens (including phenoxy) is 1. The number of halogens is 2. The van der Waals surface area contributed by atoms with Crippen LogP contribution in [0.1, 0.15) is 0 Å². The standard InChI is InChI=1S/C12H16F2N2O3/c13-11(14)7-16(5-6-17)12(18)8-19-10-3-1-9(15)2-4-10/h1-4,11,17H,5-8,15H2. The Bertz CT molecular complexity index is 398. The molecule has 0 heterocycles. The van der Waals surface area contributed by atoms with Crippen molar-refractivity contribution in [2.75, 3.05) is 32.0 Å². The summed E-state index contributed by atoms with van der Waals surface area (Å²) in [5, 5.41) is 8.72. The van der Waals surface area contributed by atoms with Crippen LogP contribution in [-0.2, 0) is 4.79 Å². The molecule has 0 bridgehead atoms. The van der Waals surface area contributed by atoms with Crippen LogP contribution in [-0.4, -0.2) is 48.6 Å². The maximum absolute atomic E-state index is 12.2. The number of carbonyl (C=O) groups is 1. The minimum atomic E-state index is -2.65. The molecule has 5 nitrogen and oxygen atoms in total. The fraction of sp³-hybridized carbons (Fsp3) is 0.417. The molecule has 1 rings (SSSR count). The van der Waals surface area contributed by atoms with Crippen molar-refractivity contribution in [2.24, 2.45) is 0 Å². The highest BCUT2D eigenvalue weighted by molar-refractivity contribution is 5.77. The SMILES string of the molecule is Nc1ccc(OCC(=O)N(CCO)CC(F)F)cc1. The lowest BCUT2D eigenvalue weighted by Gasteiger charge is -2.21. The second-order valence-corrected chi connectivity index (χ2v) is 3.81. The number of hydrogen-bond acceptors (Lipinski definition) is 4. The van der Waals surface area contributed by atoms with Gasteiger partial charge in [-0.2, -0.15) is 0 Å². The molecule has 0 atom stereocenters. The van der Waals surface area contributed by atoms with Gasteiger partial charge in [0, 0.05) is 12.2 Å². The van der Waals surface area contributed by atoms with Gasteiger partial charge in [0.05, 0.1) is 13.2 Å². The average molecular weight is 274 g/mol. The molecule has 1 aromatic carbocycles. The molecule has 0 saturated carbocycles. The number of nitrogen functional groups attached to an aromatic ring is 1. The summed E-state index contributed by atoms with van der Waals surface area (Å²) >= 11 is 0. The third-order valence-electron chi connectivity index (χ3n) is 2.32. The highest BCUT2D eigenvalue weighted by atomic mass is 19.3. The van der Waals surface area contributed by atoms with Crippen LogP contribution >= 0.6 is 0 Å². The molecular formula is C12H16F2N2O3. The molecule has 0 spiro atoms. The molecule has 0 aromatic heterocycles. The molecule has 0 radical (unpaired) electrons. The number of aliphatic hydroxyl groups is 1. The highest BCUT2D eigenvalue weighted by Gasteiger charge is 2.18. The predicted molar refractivity (Wildman–Crippen MR) is 66.0 cm³/mol.